The highest BCUT2D eigenvalue weighted by Crippen LogP contribution is 2.44. The summed E-state index contributed by atoms with van der Waals surface area (Å²) < 4.78 is 39.5. The number of fused-ring (bicyclic) bond motifs is 1. The minimum atomic E-state index is -4.76. The van der Waals surface area contributed by atoms with Gasteiger partial charge in [-0.2, -0.15) is 13.2 Å². The molecule has 37 heavy (non-hydrogen) atoms. The maximum absolute atomic E-state index is 13.2. The summed E-state index contributed by atoms with van der Waals surface area (Å²) in [5.41, 5.74) is 8.46. The molecule has 1 saturated heterocycles. The first kappa shape index (κ1) is 26.5. The summed E-state index contributed by atoms with van der Waals surface area (Å²) in [7, 11) is 0. The maximum Gasteiger partial charge on any atom is 0.419 e. The van der Waals surface area contributed by atoms with E-state index in [4.69, 9.17) is 23.1 Å². The Kier molecular flexibility index (Phi) is 6.95. The number of amides is 2. The first-order valence-corrected chi connectivity index (χ1v) is 12.1. The van der Waals surface area contributed by atoms with Crippen molar-refractivity contribution in [2.75, 3.05) is 11.5 Å². The largest absolute Gasteiger partial charge is 0.477 e. The molecular formula is C19H15ClF3N7O5S2. The van der Waals surface area contributed by atoms with Crippen LogP contribution in [-0.4, -0.2) is 60.8 Å². The smallest absolute Gasteiger partial charge is 0.419 e. The second kappa shape index (κ2) is 9.71. The Bertz CT molecular complexity index is 1380. The van der Waals surface area contributed by atoms with Crippen molar-refractivity contribution in [3.05, 3.63) is 38.5 Å². The number of hydrogen-bond acceptors (Lipinski definition) is 11. The third-order valence-electron chi connectivity index (χ3n) is 5.46. The number of carboxylic acid groups (broad SMARTS) is 1. The number of nitrogens with one attached hydrogen (secondary N) is 1. The number of oxime groups is 1. The summed E-state index contributed by atoms with van der Waals surface area (Å²) >= 11 is 7.50. The molecule has 196 valence electrons. The average molecular weight is 578 g/mol. The van der Waals surface area contributed by atoms with Crippen molar-refractivity contribution >= 4 is 69.1 Å². The number of pyridine rings is 1. The van der Waals surface area contributed by atoms with E-state index in [9.17, 15) is 37.9 Å². The van der Waals surface area contributed by atoms with Gasteiger partial charge in [-0.3, -0.25) is 14.5 Å². The van der Waals surface area contributed by atoms with E-state index < -0.39 is 58.8 Å². The number of rotatable bonds is 6. The number of thioether (sulfide) groups is 1. The van der Waals surface area contributed by atoms with E-state index in [-0.39, 0.29) is 37.8 Å². The van der Waals surface area contributed by atoms with Gasteiger partial charge in [-0.25, -0.2) is 14.8 Å². The predicted octanol–water partition coefficient (Wildman–Crippen LogP) is 2.13. The number of anilines is 2. The lowest BCUT2D eigenvalue weighted by Gasteiger charge is -2.50. The second-order valence-electron chi connectivity index (χ2n) is 7.67. The number of carbonyl (C=O) groups is 3. The molecule has 1 fully saturated rings. The third-order valence-corrected chi connectivity index (χ3v) is 7.65. The topological polar surface area (TPSA) is 197 Å². The van der Waals surface area contributed by atoms with Crippen LogP contribution in [0.25, 0.3) is 0 Å². The number of hydrogen-bond donors (Lipinski definition) is 5. The van der Waals surface area contributed by atoms with Crippen LogP contribution < -0.4 is 16.8 Å². The lowest BCUT2D eigenvalue weighted by Crippen LogP contribution is -2.72. The van der Waals surface area contributed by atoms with Gasteiger partial charge in [0, 0.05) is 16.0 Å². The number of aromatic nitrogens is 2. The highest BCUT2D eigenvalue weighted by molar-refractivity contribution is 8.03. The van der Waals surface area contributed by atoms with Crippen LogP contribution in [0.15, 0.2) is 32.9 Å². The van der Waals surface area contributed by atoms with Crippen molar-refractivity contribution in [2.45, 2.75) is 36.0 Å². The monoisotopic (exact) mass is 577 g/mol. The Morgan fingerprint density at radius 3 is 2.62 bits per heavy atom. The molecule has 2 aliphatic rings. The van der Waals surface area contributed by atoms with E-state index in [2.05, 4.69) is 20.4 Å². The molecule has 2 amide bonds. The number of carbonyl (C=O) groups excluding carboxylic acids is 2. The summed E-state index contributed by atoms with van der Waals surface area (Å²) in [6, 6.07) is -1.17. The molecule has 2 atom stereocenters. The van der Waals surface area contributed by atoms with Crippen LogP contribution in [0.4, 0.5) is 24.1 Å². The number of nitrogens with zero attached hydrogens (tertiary/aromatic N) is 4. The minimum Gasteiger partial charge on any atom is -0.477 e. The van der Waals surface area contributed by atoms with E-state index >= 15 is 0 Å². The summed E-state index contributed by atoms with van der Waals surface area (Å²) in [4.78, 5) is 46.0. The Morgan fingerprint density at radius 1 is 1.35 bits per heavy atom. The van der Waals surface area contributed by atoms with Gasteiger partial charge in [-0.15, -0.1) is 0 Å². The number of carboxylic acids is 1. The Balaban J connectivity index is 1.56. The highest BCUT2D eigenvalue weighted by Gasteiger charge is 2.54. The molecule has 0 saturated carbocycles. The van der Waals surface area contributed by atoms with Gasteiger partial charge in [0.2, 0.25) is 0 Å². The van der Waals surface area contributed by atoms with Gasteiger partial charge in [0.15, 0.2) is 10.8 Å². The number of nitrogens with two attached hydrogens (primary N) is 2. The normalized spacial score (nSPS) is 19.9. The molecule has 7 N–H and O–H groups in total. The molecule has 0 aromatic carbocycles. The van der Waals surface area contributed by atoms with Crippen LogP contribution in [0.2, 0.25) is 4.34 Å². The number of halogens is 4. The second-order valence-corrected chi connectivity index (χ2v) is 10.5. The van der Waals surface area contributed by atoms with Crippen LogP contribution in [0.5, 0.6) is 0 Å². The predicted molar refractivity (Wildman–Crippen MR) is 126 cm³/mol. The highest BCUT2D eigenvalue weighted by atomic mass is 35.5. The average Bonchev–Trinajstić information content (AvgIpc) is 3.15. The van der Waals surface area contributed by atoms with Gasteiger partial charge < -0.3 is 27.1 Å². The number of alkyl halides is 3. The fourth-order valence-electron chi connectivity index (χ4n) is 3.88. The van der Waals surface area contributed by atoms with E-state index in [1.54, 1.807) is 0 Å². The zero-order valence-electron chi connectivity index (χ0n) is 18.1. The molecule has 18 heteroatoms. The lowest BCUT2D eigenvalue weighted by molar-refractivity contribution is -0.155. The van der Waals surface area contributed by atoms with E-state index in [1.165, 1.54) is 0 Å². The summed E-state index contributed by atoms with van der Waals surface area (Å²) in [5.74, 6) is -3.98. The molecule has 0 radical (unpaired) electrons. The van der Waals surface area contributed by atoms with Gasteiger partial charge in [0.25, 0.3) is 11.8 Å². The molecule has 2 aromatic rings. The van der Waals surface area contributed by atoms with Gasteiger partial charge in [0.1, 0.15) is 27.6 Å². The third kappa shape index (κ3) is 4.88. The van der Waals surface area contributed by atoms with Crippen LogP contribution in [-0.2, 0) is 20.6 Å². The first-order chi connectivity index (χ1) is 17.3. The first-order valence-electron chi connectivity index (χ1n) is 10.1. The van der Waals surface area contributed by atoms with Crippen molar-refractivity contribution in [1.29, 1.82) is 0 Å². The zero-order chi connectivity index (χ0) is 27.2. The van der Waals surface area contributed by atoms with Gasteiger partial charge >= 0.3 is 12.1 Å². The number of thiazole rings is 1. The fourth-order valence-corrected chi connectivity index (χ4v) is 5.88. The molecule has 12 nitrogen and oxygen atoms in total. The van der Waals surface area contributed by atoms with E-state index in [0.29, 0.717) is 0 Å². The van der Waals surface area contributed by atoms with Crippen LogP contribution in [0, 0.1) is 0 Å². The van der Waals surface area contributed by atoms with Crippen LogP contribution in [0.1, 0.15) is 24.1 Å². The summed E-state index contributed by atoms with van der Waals surface area (Å²) in [6.45, 7) is 0. The summed E-state index contributed by atoms with van der Waals surface area (Å²) in [5, 5.41) is 24.3. The maximum atomic E-state index is 13.2. The number of allylic oxidation sites excluding steroid dienone is 1. The van der Waals surface area contributed by atoms with Crippen molar-refractivity contribution in [3.63, 3.8) is 0 Å². The molecule has 0 unspecified atom stereocenters. The van der Waals surface area contributed by atoms with Crippen molar-refractivity contribution in [3.8, 4) is 0 Å². The molecular weight excluding hydrogens is 563 g/mol. The minimum absolute atomic E-state index is 0.00653. The van der Waals surface area contributed by atoms with E-state index in [1.807, 2.05) is 0 Å². The molecule has 2 aliphatic heterocycles. The SMILES string of the molecule is Nc1nc(/C(=N/O)C(=O)N[C@@H]2C(=O)N3C(C(=O)O)=C(Sc4cnc(N)c(C(F)(F)F)c4)CC[C@H]23)c(Cl)s1. The van der Waals surface area contributed by atoms with Gasteiger partial charge in [0.05, 0.1) is 11.6 Å². The molecule has 4 rings (SSSR count). The Labute approximate surface area is 218 Å². The zero-order valence-corrected chi connectivity index (χ0v) is 20.5. The molecule has 2 aromatic heterocycles. The van der Waals surface area contributed by atoms with Crippen LogP contribution >= 0.6 is 34.7 Å². The van der Waals surface area contributed by atoms with Crippen molar-refractivity contribution < 1.29 is 37.9 Å². The fraction of sp³-hybridized carbons (Fsp3) is 0.263. The van der Waals surface area contributed by atoms with Gasteiger partial charge in [-0.05, 0) is 18.9 Å². The quantitative estimate of drug-likeness (QED) is 0.147. The lowest BCUT2D eigenvalue weighted by atomic mass is 9.86. The number of β-lactam (4-membered cyclic amide) rings is 1. The summed E-state index contributed by atoms with van der Waals surface area (Å²) in [6.07, 6.45) is -3.44. The van der Waals surface area contributed by atoms with Crippen molar-refractivity contribution in [2.24, 2.45) is 5.16 Å². The standard InChI is InChI=1S/C19H15ClF3N7O5S2/c20-13-10(28-18(25)37-13)11(29-35)15(31)27-9-7-1-2-8(12(17(33)34)30(7)16(9)32)36-5-3-6(19(21,22)23)14(24)26-4-5/h3-4,7,9,35H,1-2H2,(H2,24,26)(H2,25,28)(H,27,31)(H,33,34)/b29-11-/t7-,9+/m1/s1. The van der Waals surface area contributed by atoms with Gasteiger partial charge in [-0.1, -0.05) is 39.9 Å². The molecule has 4 heterocycles. The number of nitrogen functional groups attached to an aromatic ring is 2. The number of aliphatic carboxylic acids is 1. The van der Waals surface area contributed by atoms with E-state index in [0.717, 1.165) is 40.3 Å². The molecule has 0 bridgehead atoms. The van der Waals surface area contributed by atoms with Crippen molar-refractivity contribution in [1.82, 2.24) is 20.2 Å². The van der Waals surface area contributed by atoms with Crippen LogP contribution in [0.3, 0.4) is 0 Å². The Morgan fingerprint density at radius 2 is 2.05 bits per heavy atom. The molecule has 0 spiro atoms. The molecule has 0 aliphatic carbocycles. The Hall–Kier alpha value is -3.57.